The van der Waals surface area contributed by atoms with Crippen LogP contribution in [-0.2, 0) is 49.4 Å². The number of para-hydroxylation sites is 2. The fourth-order valence-corrected chi connectivity index (χ4v) is 13.1. The van der Waals surface area contributed by atoms with E-state index in [9.17, 15) is 44.1 Å². The van der Waals surface area contributed by atoms with Gasteiger partial charge in [0.15, 0.2) is 23.6 Å². The van der Waals surface area contributed by atoms with E-state index in [0.29, 0.717) is 35.0 Å². The number of aliphatic hydroxyl groups excluding tert-OH is 2. The number of nitrogen functional groups attached to an aromatic ring is 1. The topological polar surface area (TPSA) is 327 Å². The van der Waals surface area contributed by atoms with Crippen LogP contribution in [0.25, 0.3) is 11.3 Å². The molecule has 476 valence electrons. The number of nitrogens with two attached hydrogens (primary N) is 1. The summed E-state index contributed by atoms with van der Waals surface area (Å²) < 4.78 is 30.3. The number of nitrogens with one attached hydrogen (secondary N) is 3. The number of Topliss-reactive ketones (excluding diaryl/α,β-unsaturated/α-hetero) is 1. The van der Waals surface area contributed by atoms with Crippen molar-refractivity contribution in [3.63, 3.8) is 0 Å². The smallest absolute Gasteiger partial charge is 0.338 e. The summed E-state index contributed by atoms with van der Waals surface area (Å²) in [4.78, 5) is 109. The molecule has 5 aromatic carbocycles. The van der Waals surface area contributed by atoms with E-state index in [0.717, 1.165) is 30.7 Å². The highest BCUT2D eigenvalue weighted by atomic mass is 16.6. The third-order valence-corrected chi connectivity index (χ3v) is 18.0. The molecule has 11 rings (SSSR count). The van der Waals surface area contributed by atoms with Crippen LogP contribution >= 0.6 is 0 Å². The van der Waals surface area contributed by atoms with Crippen LogP contribution in [0.4, 0.5) is 17.3 Å². The summed E-state index contributed by atoms with van der Waals surface area (Å²) in [5.41, 5.74) is 3.26. The first kappa shape index (κ1) is 65.0. The number of aromatic nitrogens is 3. The second-order valence-electron chi connectivity index (χ2n) is 24.0. The third kappa shape index (κ3) is 12.9. The average molecular weight is 1250 g/mol. The Morgan fingerprint density at radius 2 is 1.39 bits per heavy atom. The SMILES string of the molecule is CC(=O)O[C@H]1C(=O)[C@@]2(C)[C@H]([C@H](OC(=O)c3ccccc3)[C@]3(O)C[C@H](OC(=O)[C@H](O)[C@@H](NC(=O)c4ccccc4)c4ccccc4)C(C)=C1C3(C)C)[C@]1(OC(C)=O)CO[C@@H]1C[C@@H]2O.Nc1ccccc1NC(=O)c1ccc(CNc2nccc(-c3cccnc3)n2)cc1. The maximum atomic E-state index is 15.5. The molecule has 0 unspecified atom stereocenters. The van der Waals surface area contributed by atoms with Crippen LogP contribution in [0, 0.1) is 16.7 Å². The lowest BCUT2D eigenvalue weighted by molar-refractivity contribution is -0.346. The number of ether oxygens (including phenoxy) is 5. The molecule has 0 spiro atoms. The fraction of sp³-hybridized carbons (Fsp3) is 0.314. The zero-order valence-corrected chi connectivity index (χ0v) is 51.3. The summed E-state index contributed by atoms with van der Waals surface area (Å²) in [5, 5.41) is 46.3. The zero-order chi connectivity index (χ0) is 65.7. The predicted molar refractivity (Wildman–Crippen MR) is 336 cm³/mol. The number of anilines is 3. The minimum absolute atomic E-state index is 0.00289. The summed E-state index contributed by atoms with van der Waals surface area (Å²) in [5.74, 6) is -6.52. The monoisotopic (exact) mass is 1250 g/mol. The van der Waals surface area contributed by atoms with Crippen LogP contribution in [-0.4, -0.2) is 126 Å². The Labute approximate surface area is 530 Å². The number of ketones is 1. The molecule has 8 N–H and O–H groups in total. The highest BCUT2D eigenvalue weighted by Gasteiger charge is 2.78. The molecule has 1 saturated heterocycles. The van der Waals surface area contributed by atoms with Crippen LogP contribution in [0.1, 0.15) is 103 Å². The number of aliphatic hydroxyl groups is 3. The minimum atomic E-state index is -2.39. The highest BCUT2D eigenvalue weighted by molar-refractivity contribution is 6.05. The molecule has 3 heterocycles. The molecule has 11 atom stereocenters. The lowest BCUT2D eigenvalue weighted by Gasteiger charge is -2.67. The van der Waals surface area contributed by atoms with Gasteiger partial charge >= 0.3 is 23.9 Å². The van der Waals surface area contributed by atoms with Crippen molar-refractivity contribution in [2.24, 2.45) is 16.7 Å². The molecule has 2 aromatic heterocycles. The van der Waals surface area contributed by atoms with Gasteiger partial charge in [-0.15, -0.1) is 0 Å². The normalized spacial score (nSPS) is 24.9. The van der Waals surface area contributed by atoms with Gasteiger partial charge in [0.1, 0.15) is 23.9 Å². The van der Waals surface area contributed by atoms with E-state index in [-0.39, 0.29) is 41.2 Å². The van der Waals surface area contributed by atoms with Crippen molar-refractivity contribution in [3.05, 3.63) is 215 Å². The number of hydrogen-bond acceptors (Lipinski definition) is 20. The van der Waals surface area contributed by atoms with Gasteiger partial charge in [-0.1, -0.05) is 105 Å². The second kappa shape index (κ2) is 26.8. The van der Waals surface area contributed by atoms with E-state index >= 15 is 4.79 Å². The molecule has 1 aliphatic heterocycles. The van der Waals surface area contributed by atoms with Crippen molar-refractivity contribution in [1.82, 2.24) is 20.3 Å². The van der Waals surface area contributed by atoms with E-state index in [1.807, 2.05) is 42.5 Å². The van der Waals surface area contributed by atoms with Crippen molar-refractivity contribution >= 4 is 58.8 Å². The molecule has 2 amide bonds. The molecule has 2 saturated carbocycles. The summed E-state index contributed by atoms with van der Waals surface area (Å²) in [6.07, 6.45) is -5.32. The first-order valence-electron chi connectivity index (χ1n) is 29.9. The van der Waals surface area contributed by atoms with Gasteiger partial charge in [0.2, 0.25) is 5.95 Å². The van der Waals surface area contributed by atoms with E-state index in [2.05, 4.69) is 30.9 Å². The third-order valence-electron chi connectivity index (χ3n) is 18.0. The van der Waals surface area contributed by atoms with Gasteiger partial charge < -0.3 is 60.7 Å². The van der Waals surface area contributed by atoms with Crippen molar-refractivity contribution in [1.29, 1.82) is 0 Å². The molecule has 4 aliphatic rings. The largest absolute Gasteiger partial charge is 0.456 e. The number of nitrogens with zero attached hydrogens (tertiary/aromatic N) is 3. The highest BCUT2D eigenvalue weighted by Crippen LogP contribution is 2.64. The van der Waals surface area contributed by atoms with Crippen LogP contribution in [0.5, 0.6) is 0 Å². The van der Waals surface area contributed by atoms with Crippen molar-refractivity contribution in [2.45, 2.75) is 115 Å². The summed E-state index contributed by atoms with van der Waals surface area (Å²) in [7, 11) is 0. The number of benzene rings is 5. The number of carbonyl (C=O) groups is 7. The number of amides is 2. The Balaban J connectivity index is 0.000000257. The van der Waals surface area contributed by atoms with Crippen molar-refractivity contribution < 1.29 is 72.6 Å². The van der Waals surface area contributed by atoms with Gasteiger partial charge in [-0.05, 0) is 103 Å². The Bertz CT molecular complexity index is 3920. The second-order valence-corrected chi connectivity index (χ2v) is 24.0. The van der Waals surface area contributed by atoms with Gasteiger partial charge in [-0.2, -0.15) is 0 Å². The maximum Gasteiger partial charge on any atom is 0.338 e. The van der Waals surface area contributed by atoms with Gasteiger partial charge in [0.25, 0.3) is 11.8 Å². The molecular formula is C70H71N7O15. The van der Waals surface area contributed by atoms with Crippen LogP contribution in [0.2, 0.25) is 0 Å². The first-order chi connectivity index (χ1) is 44.0. The van der Waals surface area contributed by atoms with Crippen LogP contribution in [0.3, 0.4) is 0 Å². The van der Waals surface area contributed by atoms with Crippen LogP contribution in [0.15, 0.2) is 187 Å². The predicted octanol–water partition coefficient (Wildman–Crippen LogP) is 7.72. The lowest BCUT2D eigenvalue weighted by atomic mass is 9.44. The fourth-order valence-electron chi connectivity index (χ4n) is 13.1. The molecule has 22 nitrogen and oxygen atoms in total. The molecule has 3 fully saturated rings. The Hall–Kier alpha value is -10.0. The molecule has 92 heavy (non-hydrogen) atoms. The zero-order valence-electron chi connectivity index (χ0n) is 51.3. The molecule has 0 radical (unpaired) electrons. The van der Waals surface area contributed by atoms with E-state index in [1.54, 1.807) is 136 Å². The average Bonchev–Trinajstić information content (AvgIpc) is 0.670. The first-order valence-corrected chi connectivity index (χ1v) is 29.9. The molecule has 22 heteroatoms. The van der Waals surface area contributed by atoms with Crippen molar-refractivity contribution in [3.8, 4) is 11.3 Å². The molecule has 2 bridgehead atoms. The minimum Gasteiger partial charge on any atom is -0.456 e. The number of fused-ring (bicyclic) bond motifs is 5. The number of hydrogen-bond donors (Lipinski definition) is 7. The van der Waals surface area contributed by atoms with Gasteiger partial charge in [-0.25, -0.2) is 19.6 Å². The lowest BCUT2D eigenvalue weighted by Crippen LogP contribution is -2.82. The van der Waals surface area contributed by atoms with Gasteiger partial charge in [-0.3, -0.25) is 29.0 Å². The van der Waals surface area contributed by atoms with Crippen LogP contribution < -0.4 is 21.7 Å². The van der Waals surface area contributed by atoms with Gasteiger partial charge in [0.05, 0.1) is 52.7 Å². The Morgan fingerprint density at radius 3 is 2.01 bits per heavy atom. The number of rotatable bonds is 16. The Morgan fingerprint density at radius 1 is 0.750 bits per heavy atom. The van der Waals surface area contributed by atoms with E-state index in [4.69, 9.17) is 29.4 Å². The quantitative estimate of drug-likeness (QED) is 0.0211. The maximum absolute atomic E-state index is 15.5. The Kier molecular flexibility index (Phi) is 18.9. The van der Waals surface area contributed by atoms with Crippen molar-refractivity contribution in [2.75, 3.05) is 23.0 Å². The molecule has 3 aliphatic carbocycles. The summed E-state index contributed by atoms with van der Waals surface area (Å²) in [6.45, 7) is 8.51. The number of esters is 4. The van der Waals surface area contributed by atoms with Gasteiger partial charge in [0, 0.05) is 73.9 Å². The summed E-state index contributed by atoms with van der Waals surface area (Å²) in [6, 6.07) is 43.1. The van der Waals surface area contributed by atoms with E-state index in [1.165, 1.54) is 26.0 Å². The summed E-state index contributed by atoms with van der Waals surface area (Å²) >= 11 is 0. The van der Waals surface area contributed by atoms with E-state index < -0.39 is 113 Å². The molecule has 7 aromatic rings. The number of carbonyl (C=O) groups excluding carboxylic acids is 7. The molecular weight excluding hydrogens is 1180 g/mol. The standard InChI is InChI=1S/C47H51NO14.C23H20N6O/c1-25-31(60-43(56)36(52)35(28-16-10-7-11-17-28)48-41(54)29-18-12-8-13-19-29)23-47(57)40(61-42(55)30-20-14-9-15-21-30)38-45(6,32(51)22-33-46(38,24-58-33)62-27(3)50)39(53)37(59-26(2)49)34(25)44(47,4)5;24-19-5-1-2-6-21(19)28-22(30)17-9-7-16(8-10-17)14-27-23-26-13-11-20(29-23)18-4-3-12-25-15-18/h7-21,31-33,35-38,40,51-52,57H,22-24H2,1-6H3,(H,48,54);1-13,15H,14,24H2,(H,28,30)(H,26,27,29)/t31-,32-,33+,35-,36+,37+,38-,40-,45+,46-,47+;/m0./s1. The number of pyridine rings is 1.